The molecule has 21 heavy (non-hydrogen) atoms. The monoisotopic (exact) mass is 307 g/mol. The number of halogens is 1. The summed E-state index contributed by atoms with van der Waals surface area (Å²) in [5.74, 6) is 0.795. The number of hydrogen-bond donors (Lipinski definition) is 2. The number of benzene rings is 1. The molecule has 2 atom stereocenters. The molecule has 2 saturated heterocycles. The molecule has 0 bridgehead atoms. The molecule has 0 aromatic heterocycles. The summed E-state index contributed by atoms with van der Waals surface area (Å²) in [5, 5.41) is 3.93. The van der Waals surface area contributed by atoms with Crippen LogP contribution in [0.15, 0.2) is 18.2 Å². The van der Waals surface area contributed by atoms with Crippen LogP contribution in [0.2, 0.25) is 5.02 Å². The molecule has 0 spiro atoms. The third-order valence-electron chi connectivity index (χ3n) is 4.65. The first-order chi connectivity index (χ1) is 10.2. The summed E-state index contributed by atoms with van der Waals surface area (Å²) >= 11 is 6.34. The number of carbonyl (C=O) groups is 1. The highest BCUT2D eigenvalue weighted by atomic mass is 35.5. The molecule has 2 fully saturated rings. The van der Waals surface area contributed by atoms with Crippen molar-refractivity contribution in [2.45, 2.75) is 38.4 Å². The van der Waals surface area contributed by atoms with E-state index >= 15 is 0 Å². The van der Waals surface area contributed by atoms with Crippen LogP contribution in [0.1, 0.15) is 30.4 Å². The maximum Gasteiger partial charge on any atom is 0.220 e. The van der Waals surface area contributed by atoms with E-state index in [1.165, 1.54) is 0 Å². The van der Waals surface area contributed by atoms with E-state index in [9.17, 15) is 4.79 Å². The second kappa shape index (κ2) is 6.34. The van der Waals surface area contributed by atoms with Gasteiger partial charge in [0.1, 0.15) is 0 Å². The van der Waals surface area contributed by atoms with Crippen LogP contribution in [0.25, 0.3) is 0 Å². The Morgan fingerprint density at radius 2 is 2.24 bits per heavy atom. The van der Waals surface area contributed by atoms with Gasteiger partial charge in [-0.1, -0.05) is 23.7 Å². The molecular weight excluding hydrogens is 286 g/mol. The Bertz CT molecular complexity index is 534. The first-order valence-corrected chi connectivity index (χ1v) is 8.02. The van der Waals surface area contributed by atoms with Crippen molar-refractivity contribution in [3.05, 3.63) is 34.3 Å². The molecule has 0 radical (unpaired) electrons. The molecule has 2 aliphatic rings. The maximum absolute atomic E-state index is 11.4. The summed E-state index contributed by atoms with van der Waals surface area (Å²) in [6, 6.07) is 6.47. The highest BCUT2D eigenvalue weighted by molar-refractivity contribution is 6.31. The molecule has 3 N–H and O–H groups in total. The zero-order valence-electron chi connectivity index (χ0n) is 12.1. The number of hydrogen-bond acceptors (Lipinski definition) is 3. The average molecular weight is 308 g/mol. The van der Waals surface area contributed by atoms with E-state index in [1.807, 2.05) is 6.07 Å². The lowest BCUT2D eigenvalue weighted by Gasteiger charge is -2.41. The number of amides is 1. The minimum Gasteiger partial charge on any atom is -0.353 e. The molecule has 114 valence electrons. The first-order valence-electron chi connectivity index (χ1n) is 7.65. The first kappa shape index (κ1) is 14.8. The van der Waals surface area contributed by atoms with Crippen LogP contribution in [-0.2, 0) is 17.9 Å². The van der Waals surface area contributed by atoms with Gasteiger partial charge in [0.2, 0.25) is 5.91 Å². The summed E-state index contributed by atoms with van der Waals surface area (Å²) in [4.78, 5) is 13.9. The smallest absolute Gasteiger partial charge is 0.220 e. The highest BCUT2D eigenvalue weighted by Crippen LogP contribution is 2.27. The standard InChI is InChI=1S/C16H22ClN3O/c17-14-7-11(8-18)1-2-12(14)9-20-6-5-15-13(10-20)3-4-16(21)19-15/h1-2,7,13,15H,3-6,8-10,18H2,(H,19,21). The van der Waals surface area contributed by atoms with E-state index in [2.05, 4.69) is 22.3 Å². The molecule has 1 aromatic rings. The lowest BCUT2D eigenvalue weighted by atomic mass is 9.85. The summed E-state index contributed by atoms with van der Waals surface area (Å²) in [5.41, 5.74) is 7.86. The Hall–Kier alpha value is -1.10. The van der Waals surface area contributed by atoms with Crippen molar-refractivity contribution in [1.29, 1.82) is 0 Å². The van der Waals surface area contributed by atoms with Crippen LogP contribution in [0.3, 0.4) is 0 Å². The second-order valence-corrected chi connectivity index (χ2v) is 6.53. The largest absolute Gasteiger partial charge is 0.353 e. The summed E-state index contributed by atoms with van der Waals surface area (Å²) in [6.45, 7) is 3.45. The van der Waals surface area contributed by atoms with Crippen LogP contribution in [0, 0.1) is 5.92 Å². The molecule has 0 aliphatic carbocycles. The van der Waals surface area contributed by atoms with Crippen LogP contribution < -0.4 is 11.1 Å². The lowest BCUT2D eigenvalue weighted by molar-refractivity contribution is -0.125. The normalized spacial score (nSPS) is 26.3. The highest BCUT2D eigenvalue weighted by Gasteiger charge is 2.33. The molecule has 5 heteroatoms. The van der Waals surface area contributed by atoms with E-state index in [4.69, 9.17) is 17.3 Å². The van der Waals surface area contributed by atoms with E-state index in [0.29, 0.717) is 24.9 Å². The van der Waals surface area contributed by atoms with Crippen LogP contribution in [-0.4, -0.2) is 29.9 Å². The van der Waals surface area contributed by atoms with E-state index in [0.717, 1.165) is 48.6 Å². The quantitative estimate of drug-likeness (QED) is 0.896. The Kier molecular flexibility index (Phi) is 4.48. The van der Waals surface area contributed by atoms with Gasteiger partial charge in [-0.2, -0.15) is 0 Å². The van der Waals surface area contributed by atoms with Crippen molar-refractivity contribution in [1.82, 2.24) is 10.2 Å². The number of fused-ring (bicyclic) bond motifs is 1. The number of nitrogens with one attached hydrogen (secondary N) is 1. The minimum atomic E-state index is 0.213. The molecule has 1 amide bonds. The predicted octanol–water partition coefficient (Wildman–Crippen LogP) is 1.90. The average Bonchev–Trinajstić information content (AvgIpc) is 2.49. The van der Waals surface area contributed by atoms with E-state index < -0.39 is 0 Å². The van der Waals surface area contributed by atoms with Crippen molar-refractivity contribution in [3.8, 4) is 0 Å². The fourth-order valence-corrected chi connectivity index (χ4v) is 3.68. The van der Waals surface area contributed by atoms with E-state index in [1.54, 1.807) is 0 Å². The third-order valence-corrected chi connectivity index (χ3v) is 5.01. The maximum atomic E-state index is 11.4. The fraction of sp³-hybridized carbons (Fsp3) is 0.562. The van der Waals surface area contributed by atoms with Crippen molar-refractivity contribution in [3.63, 3.8) is 0 Å². The summed E-state index contributed by atoms with van der Waals surface area (Å²) in [6.07, 6.45) is 2.71. The van der Waals surface area contributed by atoms with Gasteiger partial charge in [0, 0.05) is 43.7 Å². The fourth-order valence-electron chi connectivity index (χ4n) is 3.42. The molecule has 3 rings (SSSR count). The number of nitrogens with zero attached hydrogens (tertiary/aromatic N) is 1. The van der Waals surface area contributed by atoms with Crippen molar-refractivity contribution >= 4 is 17.5 Å². The van der Waals surface area contributed by atoms with Gasteiger partial charge in [0.15, 0.2) is 0 Å². The van der Waals surface area contributed by atoms with Gasteiger partial charge in [-0.05, 0) is 36.0 Å². The molecule has 2 heterocycles. The van der Waals surface area contributed by atoms with Gasteiger partial charge in [0.05, 0.1) is 0 Å². The molecule has 2 aliphatic heterocycles. The number of piperidine rings is 2. The summed E-state index contributed by atoms with van der Waals surface area (Å²) in [7, 11) is 0. The molecule has 1 aromatic carbocycles. The number of nitrogens with two attached hydrogens (primary N) is 1. The molecular formula is C16H22ClN3O. The van der Waals surface area contributed by atoms with Crippen LogP contribution in [0.5, 0.6) is 0 Å². The summed E-state index contributed by atoms with van der Waals surface area (Å²) < 4.78 is 0. The van der Waals surface area contributed by atoms with Crippen molar-refractivity contribution in [2.75, 3.05) is 13.1 Å². The Morgan fingerprint density at radius 3 is 3.00 bits per heavy atom. The van der Waals surface area contributed by atoms with Gasteiger partial charge in [-0.15, -0.1) is 0 Å². The zero-order chi connectivity index (χ0) is 14.8. The van der Waals surface area contributed by atoms with Gasteiger partial charge >= 0.3 is 0 Å². The van der Waals surface area contributed by atoms with Gasteiger partial charge in [-0.25, -0.2) is 0 Å². The molecule has 2 unspecified atom stereocenters. The second-order valence-electron chi connectivity index (χ2n) is 6.13. The van der Waals surface area contributed by atoms with Crippen LogP contribution >= 0.6 is 11.6 Å². The predicted molar refractivity (Wildman–Crippen MR) is 83.9 cm³/mol. The zero-order valence-corrected chi connectivity index (χ0v) is 12.9. The SMILES string of the molecule is NCc1ccc(CN2CCC3NC(=O)CCC3C2)c(Cl)c1. The molecule has 4 nitrogen and oxygen atoms in total. The Morgan fingerprint density at radius 1 is 1.38 bits per heavy atom. The topological polar surface area (TPSA) is 58.4 Å². The van der Waals surface area contributed by atoms with Gasteiger partial charge in [0.25, 0.3) is 0 Å². The van der Waals surface area contributed by atoms with Crippen LogP contribution in [0.4, 0.5) is 0 Å². The Balaban J connectivity index is 1.63. The van der Waals surface area contributed by atoms with Crippen molar-refractivity contribution in [2.24, 2.45) is 11.7 Å². The van der Waals surface area contributed by atoms with E-state index in [-0.39, 0.29) is 5.91 Å². The van der Waals surface area contributed by atoms with Crippen molar-refractivity contribution < 1.29 is 4.79 Å². The van der Waals surface area contributed by atoms with Gasteiger partial charge in [-0.3, -0.25) is 9.69 Å². The lowest BCUT2D eigenvalue weighted by Crippen LogP contribution is -2.53. The number of carbonyl (C=O) groups excluding carboxylic acids is 1. The number of likely N-dealkylation sites (tertiary alicyclic amines) is 1. The third kappa shape index (κ3) is 3.39. The number of rotatable bonds is 3. The van der Waals surface area contributed by atoms with Gasteiger partial charge < -0.3 is 11.1 Å². The minimum absolute atomic E-state index is 0.213. The molecule has 0 saturated carbocycles. The Labute approximate surface area is 130 Å².